The number of hydrogen-bond donors (Lipinski definition) is 2. The highest BCUT2D eigenvalue weighted by atomic mass is 16.3. The number of hydrogen-bond acceptors (Lipinski definition) is 3. The SMILES string of the molecule is CCCN(CC(C)(C)CN)C(CC)c1ccc(O)cc1. The molecule has 0 amide bonds. The third kappa shape index (κ3) is 4.80. The Kier molecular flexibility index (Phi) is 6.50. The van der Waals surface area contributed by atoms with Crippen molar-refractivity contribution in [2.45, 2.75) is 46.6 Å². The summed E-state index contributed by atoms with van der Waals surface area (Å²) in [6, 6.07) is 8.00. The number of phenolic OH excluding ortho intramolecular Hbond substituents is 1. The molecule has 0 aliphatic carbocycles. The van der Waals surface area contributed by atoms with Gasteiger partial charge in [-0.25, -0.2) is 0 Å². The van der Waals surface area contributed by atoms with Gasteiger partial charge in [0.25, 0.3) is 0 Å². The standard InChI is InChI=1S/C17H30N2O/c1-5-11-19(13-17(3,4)12-18)16(6-2)14-7-9-15(20)10-8-14/h7-10,16,20H,5-6,11-13,18H2,1-4H3. The summed E-state index contributed by atoms with van der Waals surface area (Å²) in [7, 11) is 0. The van der Waals surface area contributed by atoms with Crippen LogP contribution >= 0.6 is 0 Å². The molecule has 20 heavy (non-hydrogen) atoms. The molecule has 3 N–H and O–H groups in total. The first-order chi connectivity index (χ1) is 9.43. The van der Waals surface area contributed by atoms with E-state index in [2.05, 4.69) is 32.6 Å². The molecule has 0 bridgehead atoms. The molecule has 0 aliphatic heterocycles. The van der Waals surface area contributed by atoms with Crippen molar-refractivity contribution >= 4 is 0 Å². The van der Waals surface area contributed by atoms with Crippen LogP contribution in [-0.4, -0.2) is 29.6 Å². The lowest BCUT2D eigenvalue weighted by atomic mass is 9.91. The number of rotatable bonds is 8. The van der Waals surface area contributed by atoms with Crippen LogP contribution in [0.3, 0.4) is 0 Å². The monoisotopic (exact) mass is 278 g/mol. The molecule has 3 heteroatoms. The fraction of sp³-hybridized carbons (Fsp3) is 0.647. The molecular formula is C17H30N2O. The van der Waals surface area contributed by atoms with E-state index in [0.717, 1.165) is 25.9 Å². The highest BCUT2D eigenvalue weighted by molar-refractivity contribution is 5.28. The number of nitrogens with zero attached hydrogens (tertiary/aromatic N) is 1. The molecule has 1 rings (SSSR count). The molecule has 1 aromatic rings. The topological polar surface area (TPSA) is 49.5 Å². The Morgan fingerprint density at radius 1 is 1.20 bits per heavy atom. The summed E-state index contributed by atoms with van der Waals surface area (Å²) >= 11 is 0. The van der Waals surface area contributed by atoms with Gasteiger partial charge >= 0.3 is 0 Å². The summed E-state index contributed by atoms with van der Waals surface area (Å²) in [6.07, 6.45) is 2.20. The molecular weight excluding hydrogens is 248 g/mol. The minimum absolute atomic E-state index is 0.125. The van der Waals surface area contributed by atoms with Crippen molar-refractivity contribution in [1.82, 2.24) is 4.90 Å². The van der Waals surface area contributed by atoms with Crippen molar-refractivity contribution in [2.24, 2.45) is 11.1 Å². The number of aromatic hydroxyl groups is 1. The van der Waals surface area contributed by atoms with Gasteiger partial charge in [-0.1, -0.05) is 39.8 Å². The zero-order valence-electron chi connectivity index (χ0n) is 13.4. The summed E-state index contributed by atoms with van der Waals surface area (Å²) in [5.41, 5.74) is 7.29. The van der Waals surface area contributed by atoms with Gasteiger partial charge in [0.05, 0.1) is 0 Å². The Labute approximate surface area is 123 Å². The smallest absolute Gasteiger partial charge is 0.115 e. The predicted octanol–water partition coefficient (Wildman–Crippen LogP) is 3.54. The third-order valence-corrected chi connectivity index (χ3v) is 3.80. The average molecular weight is 278 g/mol. The second-order valence-electron chi connectivity index (χ2n) is 6.35. The Hall–Kier alpha value is -1.06. The Bertz CT molecular complexity index is 386. The maximum absolute atomic E-state index is 9.45. The van der Waals surface area contributed by atoms with Gasteiger partial charge in [0, 0.05) is 12.6 Å². The van der Waals surface area contributed by atoms with E-state index in [9.17, 15) is 5.11 Å². The van der Waals surface area contributed by atoms with Gasteiger partial charge in [-0.3, -0.25) is 4.90 Å². The molecule has 1 atom stereocenters. The Morgan fingerprint density at radius 3 is 2.25 bits per heavy atom. The van der Waals surface area contributed by atoms with Crippen LogP contribution < -0.4 is 5.73 Å². The van der Waals surface area contributed by atoms with E-state index in [-0.39, 0.29) is 5.41 Å². The van der Waals surface area contributed by atoms with Crippen LogP contribution in [0.5, 0.6) is 5.75 Å². The predicted molar refractivity (Wildman–Crippen MR) is 85.8 cm³/mol. The largest absolute Gasteiger partial charge is 0.508 e. The Balaban J connectivity index is 2.93. The van der Waals surface area contributed by atoms with Crippen LogP contribution in [-0.2, 0) is 0 Å². The second-order valence-corrected chi connectivity index (χ2v) is 6.35. The van der Waals surface area contributed by atoms with E-state index >= 15 is 0 Å². The van der Waals surface area contributed by atoms with Crippen LogP contribution in [0.1, 0.15) is 52.1 Å². The van der Waals surface area contributed by atoms with E-state index in [1.165, 1.54) is 5.56 Å². The van der Waals surface area contributed by atoms with Gasteiger partial charge in [0.15, 0.2) is 0 Å². The first-order valence-corrected chi connectivity index (χ1v) is 7.66. The van der Waals surface area contributed by atoms with Crippen molar-refractivity contribution in [3.63, 3.8) is 0 Å². The lowest BCUT2D eigenvalue weighted by molar-refractivity contribution is 0.128. The first kappa shape index (κ1) is 17.0. The zero-order chi connectivity index (χ0) is 15.2. The van der Waals surface area contributed by atoms with Crippen LogP contribution in [0.4, 0.5) is 0 Å². The first-order valence-electron chi connectivity index (χ1n) is 7.66. The molecule has 0 aliphatic rings. The van der Waals surface area contributed by atoms with Crippen molar-refractivity contribution in [2.75, 3.05) is 19.6 Å². The van der Waals surface area contributed by atoms with Crippen molar-refractivity contribution in [1.29, 1.82) is 0 Å². The summed E-state index contributed by atoms with van der Waals surface area (Å²) in [4.78, 5) is 2.53. The van der Waals surface area contributed by atoms with Crippen LogP contribution in [0, 0.1) is 5.41 Å². The van der Waals surface area contributed by atoms with Crippen LogP contribution in [0.25, 0.3) is 0 Å². The fourth-order valence-electron chi connectivity index (χ4n) is 2.65. The lowest BCUT2D eigenvalue weighted by Crippen LogP contribution is -2.41. The molecule has 0 heterocycles. The van der Waals surface area contributed by atoms with Crippen molar-refractivity contribution in [3.05, 3.63) is 29.8 Å². The quantitative estimate of drug-likeness (QED) is 0.764. The average Bonchev–Trinajstić information content (AvgIpc) is 2.41. The molecule has 0 saturated carbocycles. The molecule has 3 nitrogen and oxygen atoms in total. The maximum Gasteiger partial charge on any atom is 0.115 e. The van der Waals surface area contributed by atoms with Crippen LogP contribution in [0.2, 0.25) is 0 Å². The highest BCUT2D eigenvalue weighted by Crippen LogP contribution is 2.29. The Morgan fingerprint density at radius 2 is 1.80 bits per heavy atom. The van der Waals surface area contributed by atoms with Gasteiger partial charge in [0.1, 0.15) is 5.75 Å². The van der Waals surface area contributed by atoms with Gasteiger partial charge in [-0.2, -0.15) is 0 Å². The minimum Gasteiger partial charge on any atom is -0.508 e. The van der Waals surface area contributed by atoms with Gasteiger partial charge in [-0.05, 0) is 49.0 Å². The third-order valence-electron chi connectivity index (χ3n) is 3.80. The number of benzene rings is 1. The molecule has 1 unspecified atom stereocenters. The van der Waals surface area contributed by atoms with E-state index in [1.54, 1.807) is 12.1 Å². The molecule has 0 saturated heterocycles. The molecule has 0 fully saturated rings. The molecule has 114 valence electrons. The summed E-state index contributed by atoms with van der Waals surface area (Å²) in [5, 5.41) is 9.45. The maximum atomic E-state index is 9.45. The highest BCUT2D eigenvalue weighted by Gasteiger charge is 2.25. The zero-order valence-corrected chi connectivity index (χ0v) is 13.4. The molecule has 0 aromatic heterocycles. The van der Waals surface area contributed by atoms with Gasteiger partial charge in [0.2, 0.25) is 0 Å². The van der Waals surface area contributed by atoms with Gasteiger partial charge < -0.3 is 10.8 Å². The van der Waals surface area contributed by atoms with Crippen molar-refractivity contribution in [3.8, 4) is 5.75 Å². The molecule has 1 aromatic carbocycles. The number of nitrogens with two attached hydrogens (primary N) is 1. The summed E-state index contributed by atoms with van der Waals surface area (Å²) < 4.78 is 0. The van der Waals surface area contributed by atoms with E-state index in [1.807, 2.05) is 12.1 Å². The van der Waals surface area contributed by atoms with Gasteiger partial charge in [-0.15, -0.1) is 0 Å². The van der Waals surface area contributed by atoms with E-state index < -0.39 is 0 Å². The van der Waals surface area contributed by atoms with E-state index in [4.69, 9.17) is 5.73 Å². The second kappa shape index (κ2) is 7.65. The molecule has 0 radical (unpaired) electrons. The minimum atomic E-state index is 0.125. The van der Waals surface area contributed by atoms with E-state index in [0.29, 0.717) is 18.3 Å². The fourth-order valence-corrected chi connectivity index (χ4v) is 2.65. The van der Waals surface area contributed by atoms with Crippen LogP contribution in [0.15, 0.2) is 24.3 Å². The summed E-state index contributed by atoms with van der Waals surface area (Å²) in [6.45, 7) is 11.6. The molecule has 0 spiro atoms. The normalized spacial score (nSPS) is 13.7. The lowest BCUT2D eigenvalue weighted by Gasteiger charge is -2.37. The number of phenols is 1. The van der Waals surface area contributed by atoms with Crippen molar-refractivity contribution < 1.29 is 5.11 Å². The summed E-state index contributed by atoms with van der Waals surface area (Å²) in [5.74, 6) is 0.327.